The second-order valence-corrected chi connectivity index (χ2v) is 8.36. The first-order valence-corrected chi connectivity index (χ1v) is 11.4. The lowest BCUT2D eigenvalue weighted by Crippen LogP contribution is -2.27. The molecule has 0 unspecified atom stereocenters. The molecule has 0 heterocycles. The molecule has 0 aliphatic carbocycles. The first kappa shape index (κ1) is 25.2. The molecule has 0 bridgehead atoms. The fourth-order valence-corrected chi connectivity index (χ4v) is 4.23. The normalized spacial score (nSPS) is 12.0. The van der Waals surface area contributed by atoms with E-state index in [0.29, 0.717) is 30.3 Å². The molecule has 1 atom stereocenters. The first-order valence-electron chi connectivity index (χ1n) is 9.90. The Morgan fingerprint density at radius 3 is 1.91 bits per heavy atom. The van der Waals surface area contributed by atoms with E-state index in [-0.39, 0.29) is 16.0 Å². The Balaban J connectivity index is 2.41. The molecule has 1 N–H and O–H groups in total. The maximum atomic E-state index is 13.1. The molecule has 0 aliphatic heterocycles. The minimum absolute atomic E-state index is 0.0943. The van der Waals surface area contributed by atoms with Gasteiger partial charge in [0.2, 0.25) is 10.0 Å². The fraction of sp³-hybridized carbons (Fsp3) is 0.364. The molecular formula is C22H27NO8S. The van der Waals surface area contributed by atoms with E-state index in [2.05, 4.69) is 14.2 Å². The largest absolute Gasteiger partial charge is 0.490 e. The van der Waals surface area contributed by atoms with Gasteiger partial charge in [-0.25, -0.2) is 22.7 Å². The summed E-state index contributed by atoms with van der Waals surface area (Å²) in [6, 6.07) is 7.97. The van der Waals surface area contributed by atoms with Crippen molar-refractivity contribution in [2.75, 3.05) is 27.4 Å². The SMILES string of the molecule is CCOc1ccc([C@@H](C)NS(=O)(=O)c2cc(C(=O)OC)cc(C(=O)OC)c2)cc1OCC. The lowest BCUT2D eigenvalue weighted by Gasteiger charge is -2.18. The van der Waals surface area contributed by atoms with E-state index in [9.17, 15) is 18.0 Å². The van der Waals surface area contributed by atoms with Crippen LogP contribution in [0.15, 0.2) is 41.3 Å². The van der Waals surface area contributed by atoms with E-state index in [1.54, 1.807) is 25.1 Å². The number of esters is 2. The van der Waals surface area contributed by atoms with Gasteiger partial charge in [-0.3, -0.25) is 0 Å². The van der Waals surface area contributed by atoms with Crippen LogP contribution < -0.4 is 14.2 Å². The number of ether oxygens (including phenoxy) is 4. The van der Waals surface area contributed by atoms with Gasteiger partial charge in [0.05, 0.1) is 43.5 Å². The molecule has 0 saturated carbocycles. The second-order valence-electron chi connectivity index (χ2n) is 6.64. The summed E-state index contributed by atoms with van der Waals surface area (Å²) in [5, 5.41) is 0. The third-order valence-electron chi connectivity index (χ3n) is 4.46. The van der Waals surface area contributed by atoms with Crippen molar-refractivity contribution in [1.29, 1.82) is 0 Å². The smallest absolute Gasteiger partial charge is 0.337 e. The van der Waals surface area contributed by atoms with Crippen molar-refractivity contribution in [1.82, 2.24) is 4.72 Å². The van der Waals surface area contributed by atoms with Gasteiger partial charge in [0, 0.05) is 6.04 Å². The molecule has 32 heavy (non-hydrogen) atoms. The standard InChI is InChI=1S/C22H27NO8S/c1-6-30-19-9-8-15(13-20(19)31-7-2)14(3)23-32(26,27)18-11-16(21(24)28-4)10-17(12-18)22(25)29-5/h8-14,23H,6-7H2,1-5H3/t14-/m1/s1. The number of nitrogens with one attached hydrogen (secondary N) is 1. The van der Waals surface area contributed by atoms with Gasteiger partial charge in [0.15, 0.2) is 11.5 Å². The number of benzene rings is 2. The molecule has 0 aromatic heterocycles. The lowest BCUT2D eigenvalue weighted by atomic mass is 10.1. The Labute approximate surface area is 187 Å². The maximum absolute atomic E-state index is 13.1. The minimum atomic E-state index is -4.12. The third-order valence-corrected chi connectivity index (χ3v) is 5.98. The zero-order valence-electron chi connectivity index (χ0n) is 18.6. The maximum Gasteiger partial charge on any atom is 0.337 e. The summed E-state index contributed by atoms with van der Waals surface area (Å²) >= 11 is 0. The summed E-state index contributed by atoms with van der Waals surface area (Å²) in [5.74, 6) is -0.513. The molecule has 0 aliphatic rings. The van der Waals surface area contributed by atoms with Crippen LogP contribution in [0.3, 0.4) is 0 Å². The van der Waals surface area contributed by atoms with Gasteiger partial charge in [-0.15, -0.1) is 0 Å². The number of hydrogen-bond acceptors (Lipinski definition) is 8. The van der Waals surface area contributed by atoms with Gasteiger partial charge in [-0.1, -0.05) is 6.07 Å². The predicted molar refractivity (Wildman–Crippen MR) is 117 cm³/mol. The summed E-state index contributed by atoms with van der Waals surface area (Å²) in [7, 11) is -1.81. The Bertz CT molecular complexity index is 1050. The summed E-state index contributed by atoms with van der Waals surface area (Å²) < 4.78 is 49.1. The number of hydrogen-bond donors (Lipinski definition) is 1. The van der Waals surface area contributed by atoms with Crippen molar-refractivity contribution >= 4 is 22.0 Å². The van der Waals surface area contributed by atoms with Crippen molar-refractivity contribution in [2.24, 2.45) is 0 Å². The Hall–Kier alpha value is -3.11. The second kappa shape index (κ2) is 11.0. The Morgan fingerprint density at radius 2 is 1.41 bits per heavy atom. The average molecular weight is 466 g/mol. The van der Waals surface area contributed by atoms with Crippen LogP contribution in [0.4, 0.5) is 0 Å². The van der Waals surface area contributed by atoms with E-state index in [0.717, 1.165) is 26.4 Å². The molecule has 2 aromatic carbocycles. The highest BCUT2D eigenvalue weighted by Gasteiger charge is 2.24. The number of carbonyl (C=O) groups is 2. The molecule has 0 amide bonds. The van der Waals surface area contributed by atoms with Crippen molar-refractivity contribution in [3.8, 4) is 11.5 Å². The monoisotopic (exact) mass is 465 g/mol. The predicted octanol–water partition coefficient (Wildman–Crippen LogP) is 3.10. The molecule has 174 valence electrons. The van der Waals surface area contributed by atoms with Crippen molar-refractivity contribution in [2.45, 2.75) is 31.7 Å². The fourth-order valence-electron chi connectivity index (χ4n) is 2.93. The van der Waals surface area contributed by atoms with E-state index >= 15 is 0 Å². The molecule has 2 rings (SSSR count). The summed E-state index contributed by atoms with van der Waals surface area (Å²) in [5.41, 5.74) is 0.448. The van der Waals surface area contributed by atoms with E-state index in [4.69, 9.17) is 9.47 Å². The highest BCUT2D eigenvalue weighted by Crippen LogP contribution is 2.31. The summed E-state index contributed by atoms with van der Waals surface area (Å²) in [6.45, 7) is 6.22. The summed E-state index contributed by atoms with van der Waals surface area (Å²) in [4.78, 5) is 23.7. The van der Waals surface area contributed by atoms with Crippen LogP contribution in [0.5, 0.6) is 11.5 Å². The Kier molecular flexibility index (Phi) is 8.62. The topological polar surface area (TPSA) is 117 Å². The van der Waals surface area contributed by atoms with Crippen LogP contribution in [-0.4, -0.2) is 47.8 Å². The number of methoxy groups -OCH3 is 2. The molecule has 0 spiro atoms. The average Bonchev–Trinajstić information content (AvgIpc) is 2.78. The van der Waals surface area contributed by atoms with Gasteiger partial charge >= 0.3 is 11.9 Å². The minimum Gasteiger partial charge on any atom is -0.490 e. The van der Waals surface area contributed by atoms with Crippen molar-refractivity contribution < 1.29 is 37.0 Å². The highest BCUT2D eigenvalue weighted by molar-refractivity contribution is 7.89. The third kappa shape index (κ3) is 5.98. The van der Waals surface area contributed by atoms with E-state index in [1.165, 1.54) is 6.07 Å². The van der Waals surface area contributed by atoms with Crippen molar-refractivity contribution in [3.05, 3.63) is 53.1 Å². The molecule has 0 saturated heterocycles. The van der Waals surface area contributed by atoms with Crippen LogP contribution in [0.25, 0.3) is 0 Å². The van der Waals surface area contributed by atoms with Gasteiger partial charge in [-0.05, 0) is 56.7 Å². The number of sulfonamides is 1. The van der Waals surface area contributed by atoms with Crippen LogP contribution in [-0.2, 0) is 19.5 Å². The molecule has 2 aromatic rings. The first-order chi connectivity index (χ1) is 15.2. The van der Waals surface area contributed by atoms with Crippen LogP contribution >= 0.6 is 0 Å². The van der Waals surface area contributed by atoms with Crippen LogP contribution in [0.1, 0.15) is 53.1 Å². The Morgan fingerprint density at radius 1 is 0.875 bits per heavy atom. The van der Waals surface area contributed by atoms with Crippen LogP contribution in [0.2, 0.25) is 0 Å². The van der Waals surface area contributed by atoms with Crippen molar-refractivity contribution in [3.63, 3.8) is 0 Å². The lowest BCUT2D eigenvalue weighted by molar-refractivity contribution is 0.0598. The van der Waals surface area contributed by atoms with E-state index < -0.39 is 28.0 Å². The molecule has 0 fully saturated rings. The quantitative estimate of drug-likeness (QED) is 0.532. The number of rotatable bonds is 10. The zero-order valence-corrected chi connectivity index (χ0v) is 19.4. The van der Waals surface area contributed by atoms with Crippen LogP contribution in [0, 0.1) is 0 Å². The molecular weight excluding hydrogens is 438 g/mol. The van der Waals surface area contributed by atoms with Gasteiger partial charge < -0.3 is 18.9 Å². The molecule has 0 radical (unpaired) electrons. The number of carbonyl (C=O) groups excluding carboxylic acids is 2. The zero-order chi connectivity index (χ0) is 23.9. The molecule has 10 heteroatoms. The highest BCUT2D eigenvalue weighted by atomic mass is 32.2. The summed E-state index contributed by atoms with van der Waals surface area (Å²) in [6.07, 6.45) is 0. The van der Waals surface area contributed by atoms with Gasteiger partial charge in [0.25, 0.3) is 0 Å². The van der Waals surface area contributed by atoms with Gasteiger partial charge in [0.1, 0.15) is 0 Å². The van der Waals surface area contributed by atoms with E-state index in [1.807, 2.05) is 13.8 Å². The molecule has 9 nitrogen and oxygen atoms in total. The van der Waals surface area contributed by atoms with Gasteiger partial charge in [-0.2, -0.15) is 0 Å².